The highest BCUT2D eigenvalue weighted by Gasteiger charge is 2.16. The average Bonchev–Trinajstić information content (AvgIpc) is 3.48. The van der Waals surface area contributed by atoms with E-state index in [1.54, 1.807) is 29.6 Å². The first-order valence-corrected chi connectivity index (χ1v) is 10.2. The highest BCUT2D eigenvalue weighted by molar-refractivity contribution is 7.13. The van der Waals surface area contributed by atoms with Gasteiger partial charge >= 0.3 is 0 Å². The summed E-state index contributed by atoms with van der Waals surface area (Å²) < 4.78 is 6.96. The molecule has 0 saturated heterocycles. The van der Waals surface area contributed by atoms with Crippen LogP contribution in [0.25, 0.3) is 23.0 Å². The number of nitriles is 1. The quantitative estimate of drug-likeness (QED) is 0.360. The Morgan fingerprint density at radius 1 is 1.19 bits per heavy atom. The molecular weight excluding hydrogens is 410 g/mol. The normalized spacial score (nSPS) is 11.0. The summed E-state index contributed by atoms with van der Waals surface area (Å²) in [5.41, 5.74) is 2.93. The molecule has 8 heteroatoms. The standard InChI is InChI=1S/C23H17N5O2S/c1-30-20-9-7-16(8-10-20)21-18(15-28(27-21)19-5-3-2-4-6-19)13-17(14-24)22(29)26-23-25-11-12-31-23/h2-13,15H,1H3,(H,25,26,29). The Morgan fingerprint density at radius 3 is 2.61 bits per heavy atom. The van der Waals surface area contributed by atoms with Crippen LogP contribution in [-0.4, -0.2) is 27.8 Å². The molecule has 0 aliphatic carbocycles. The van der Waals surface area contributed by atoms with Crippen molar-refractivity contribution in [1.29, 1.82) is 5.26 Å². The van der Waals surface area contributed by atoms with Crippen molar-refractivity contribution in [2.75, 3.05) is 12.4 Å². The number of thiazole rings is 1. The summed E-state index contributed by atoms with van der Waals surface area (Å²) in [6.07, 6.45) is 4.92. The molecular formula is C23H17N5O2S. The van der Waals surface area contributed by atoms with Crippen molar-refractivity contribution in [3.8, 4) is 28.8 Å². The Hall–Kier alpha value is -4.22. The molecule has 31 heavy (non-hydrogen) atoms. The molecule has 4 aromatic rings. The number of nitrogens with zero attached hydrogens (tertiary/aromatic N) is 4. The Bertz CT molecular complexity index is 1250. The van der Waals surface area contributed by atoms with E-state index in [0.29, 0.717) is 16.4 Å². The molecule has 2 heterocycles. The number of aromatic nitrogens is 3. The number of carbonyl (C=O) groups is 1. The number of para-hydroxylation sites is 1. The van der Waals surface area contributed by atoms with Crippen molar-refractivity contribution in [1.82, 2.24) is 14.8 Å². The van der Waals surface area contributed by atoms with Crippen molar-refractivity contribution >= 4 is 28.5 Å². The molecule has 152 valence electrons. The Morgan fingerprint density at radius 2 is 1.97 bits per heavy atom. The predicted octanol–water partition coefficient (Wildman–Crippen LogP) is 4.55. The van der Waals surface area contributed by atoms with E-state index in [2.05, 4.69) is 10.3 Å². The van der Waals surface area contributed by atoms with Crippen LogP contribution < -0.4 is 10.1 Å². The molecule has 7 nitrogen and oxygen atoms in total. The summed E-state index contributed by atoms with van der Waals surface area (Å²) >= 11 is 1.28. The summed E-state index contributed by atoms with van der Waals surface area (Å²) in [5.74, 6) is 0.203. The van der Waals surface area contributed by atoms with E-state index < -0.39 is 5.91 Å². The maximum absolute atomic E-state index is 12.6. The molecule has 0 radical (unpaired) electrons. The van der Waals surface area contributed by atoms with Gasteiger partial charge in [0, 0.05) is 28.9 Å². The minimum Gasteiger partial charge on any atom is -0.497 e. The number of anilines is 1. The van der Waals surface area contributed by atoms with Crippen molar-refractivity contribution in [2.24, 2.45) is 0 Å². The summed E-state index contributed by atoms with van der Waals surface area (Å²) in [7, 11) is 1.60. The fraction of sp³-hybridized carbons (Fsp3) is 0.0435. The van der Waals surface area contributed by atoms with Gasteiger partial charge in [-0.3, -0.25) is 10.1 Å². The van der Waals surface area contributed by atoms with Crippen LogP contribution in [-0.2, 0) is 4.79 Å². The monoisotopic (exact) mass is 427 g/mol. The van der Waals surface area contributed by atoms with Crippen LogP contribution in [0.2, 0.25) is 0 Å². The van der Waals surface area contributed by atoms with E-state index in [-0.39, 0.29) is 5.57 Å². The third-order valence-corrected chi connectivity index (χ3v) is 5.13. The molecule has 2 aromatic carbocycles. The van der Waals surface area contributed by atoms with Gasteiger partial charge in [0.05, 0.1) is 18.5 Å². The van der Waals surface area contributed by atoms with Gasteiger partial charge in [0.2, 0.25) is 0 Å². The van der Waals surface area contributed by atoms with Gasteiger partial charge in [-0.1, -0.05) is 18.2 Å². The molecule has 4 rings (SSSR count). The summed E-state index contributed by atoms with van der Waals surface area (Å²) in [4.78, 5) is 16.6. The number of nitrogens with one attached hydrogen (secondary N) is 1. The van der Waals surface area contributed by atoms with Crippen LogP contribution in [0.15, 0.2) is 77.9 Å². The lowest BCUT2D eigenvalue weighted by atomic mass is 10.1. The SMILES string of the molecule is COc1ccc(-c2nn(-c3ccccc3)cc2C=C(C#N)C(=O)Nc2nccs2)cc1. The molecule has 0 saturated carbocycles. The van der Waals surface area contributed by atoms with E-state index in [4.69, 9.17) is 9.84 Å². The smallest absolute Gasteiger partial charge is 0.268 e. The van der Waals surface area contributed by atoms with Crippen LogP contribution in [0.3, 0.4) is 0 Å². The molecule has 0 aliphatic rings. The second kappa shape index (κ2) is 9.07. The summed E-state index contributed by atoms with van der Waals surface area (Å²) in [6.45, 7) is 0. The highest BCUT2D eigenvalue weighted by Crippen LogP contribution is 2.27. The van der Waals surface area contributed by atoms with Gasteiger partial charge in [0.25, 0.3) is 5.91 Å². The molecule has 0 spiro atoms. The van der Waals surface area contributed by atoms with Gasteiger partial charge in [-0.2, -0.15) is 10.4 Å². The first kappa shape index (κ1) is 20.1. The first-order valence-electron chi connectivity index (χ1n) is 9.30. The fourth-order valence-electron chi connectivity index (χ4n) is 2.93. The molecule has 1 amide bonds. The molecule has 0 unspecified atom stereocenters. The lowest BCUT2D eigenvalue weighted by Crippen LogP contribution is -2.13. The Balaban J connectivity index is 1.77. The highest BCUT2D eigenvalue weighted by atomic mass is 32.1. The van der Waals surface area contributed by atoms with Crippen LogP contribution in [0, 0.1) is 11.3 Å². The number of carbonyl (C=O) groups excluding carboxylic acids is 1. The third kappa shape index (κ3) is 4.52. The number of amides is 1. The van der Waals surface area contributed by atoms with Crippen molar-refractivity contribution in [3.05, 3.63) is 83.5 Å². The largest absolute Gasteiger partial charge is 0.497 e. The van der Waals surface area contributed by atoms with Crippen LogP contribution in [0.1, 0.15) is 5.56 Å². The Kier molecular flexibility index (Phi) is 5.87. The van der Waals surface area contributed by atoms with Gasteiger partial charge in [-0.05, 0) is 42.5 Å². The fourth-order valence-corrected chi connectivity index (χ4v) is 3.46. The van der Waals surface area contributed by atoms with Gasteiger partial charge in [-0.25, -0.2) is 9.67 Å². The van der Waals surface area contributed by atoms with Gasteiger partial charge in [-0.15, -0.1) is 11.3 Å². The van der Waals surface area contributed by atoms with Crippen molar-refractivity contribution in [3.63, 3.8) is 0 Å². The molecule has 0 atom stereocenters. The number of rotatable bonds is 6. The van der Waals surface area contributed by atoms with Crippen LogP contribution in [0.5, 0.6) is 5.75 Å². The molecule has 0 bridgehead atoms. The van der Waals surface area contributed by atoms with E-state index in [0.717, 1.165) is 17.0 Å². The number of hydrogen-bond donors (Lipinski definition) is 1. The van der Waals surface area contributed by atoms with E-state index in [9.17, 15) is 10.1 Å². The van der Waals surface area contributed by atoms with Gasteiger partial charge in [0.1, 0.15) is 17.4 Å². The van der Waals surface area contributed by atoms with E-state index in [1.807, 2.05) is 60.7 Å². The lowest BCUT2D eigenvalue weighted by Gasteiger charge is -2.03. The summed E-state index contributed by atoms with van der Waals surface area (Å²) in [6, 6.07) is 19.0. The zero-order valence-electron chi connectivity index (χ0n) is 16.5. The molecule has 2 aromatic heterocycles. The van der Waals surface area contributed by atoms with Crippen LogP contribution >= 0.6 is 11.3 Å². The number of benzene rings is 2. The summed E-state index contributed by atoms with van der Waals surface area (Å²) in [5, 5.41) is 19.1. The van der Waals surface area contributed by atoms with Crippen LogP contribution in [0.4, 0.5) is 5.13 Å². The van der Waals surface area contributed by atoms with Gasteiger partial charge < -0.3 is 4.74 Å². The third-order valence-electron chi connectivity index (χ3n) is 4.44. The number of methoxy groups -OCH3 is 1. The topological polar surface area (TPSA) is 92.8 Å². The van der Waals surface area contributed by atoms with Crippen molar-refractivity contribution < 1.29 is 9.53 Å². The second-order valence-electron chi connectivity index (χ2n) is 6.40. The maximum Gasteiger partial charge on any atom is 0.268 e. The zero-order chi connectivity index (χ0) is 21.6. The van der Waals surface area contributed by atoms with E-state index in [1.165, 1.54) is 17.4 Å². The number of hydrogen-bond acceptors (Lipinski definition) is 6. The number of ether oxygens (including phenoxy) is 1. The average molecular weight is 427 g/mol. The minimum atomic E-state index is -0.523. The zero-order valence-corrected chi connectivity index (χ0v) is 17.3. The Labute approximate surface area is 182 Å². The first-order chi connectivity index (χ1) is 15.2. The molecule has 0 aliphatic heterocycles. The second-order valence-corrected chi connectivity index (χ2v) is 7.30. The molecule has 1 N–H and O–H groups in total. The minimum absolute atomic E-state index is 0.0439. The lowest BCUT2D eigenvalue weighted by molar-refractivity contribution is -0.112. The maximum atomic E-state index is 12.6. The predicted molar refractivity (Wildman–Crippen MR) is 120 cm³/mol. The molecule has 0 fully saturated rings. The van der Waals surface area contributed by atoms with Gasteiger partial charge in [0.15, 0.2) is 5.13 Å². The van der Waals surface area contributed by atoms with E-state index >= 15 is 0 Å². The van der Waals surface area contributed by atoms with Crippen molar-refractivity contribution in [2.45, 2.75) is 0 Å².